The molecule has 1 rings (SSSR count). The van der Waals surface area contributed by atoms with E-state index in [4.69, 9.17) is 5.11 Å². The highest BCUT2D eigenvalue weighted by Crippen LogP contribution is 2.21. The number of aliphatic hydroxyl groups is 1. The van der Waals surface area contributed by atoms with Crippen LogP contribution in [0.5, 0.6) is 0 Å². The van der Waals surface area contributed by atoms with E-state index < -0.39 is 11.7 Å². The molecular formula is C12H15BrFNO2. The molecule has 0 spiro atoms. The standard InChI is InChI=1S/C12H15BrFNO2/c1-7(2)9(6-16)12(17)15-11-5-8(13)3-4-10(11)14/h3-5,7,9,16H,6H2,1-2H3,(H,15,17). The number of rotatable bonds is 4. The quantitative estimate of drug-likeness (QED) is 0.898. The topological polar surface area (TPSA) is 49.3 Å². The van der Waals surface area contributed by atoms with E-state index in [-0.39, 0.29) is 24.1 Å². The van der Waals surface area contributed by atoms with Gasteiger partial charge in [-0.25, -0.2) is 4.39 Å². The third-order valence-electron chi connectivity index (χ3n) is 2.52. The molecule has 0 bridgehead atoms. The molecule has 0 radical (unpaired) electrons. The second-order valence-electron chi connectivity index (χ2n) is 4.15. The normalized spacial score (nSPS) is 12.6. The molecule has 0 aliphatic rings. The average molecular weight is 304 g/mol. The van der Waals surface area contributed by atoms with Gasteiger partial charge in [-0.3, -0.25) is 4.79 Å². The van der Waals surface area contributed by atoms with Gasteiger partial charge in [-0.05, 0) is 24.1 Å². The zero-order valence-electron chi connectivity index (χ0n) is 9.71. The smallest absolute Gasteiger partial charge is 0.230 e. The van der Waals surface area contributed by atoms with E-state index in [1.54, 1.807) is 6.07 Å². The molecule has 2 N–H and O–H groups in total. The summed E-state index contributed by atoms with van der Waals surface area (Å²) in [4.78, 5) is 11.8. The van der Waals surface area contributed by atoms with Gasteiger partial charge in [0.15, 0.2) is 0 Å². The molecule has 1 atom stereocenters. The summed E-state index contributed by atoms with van der Waals surface area (Å²) >= 11 is 3.20. The van der Waals surface area contributed by atoms with Gasteiger partial charge in [-0.15, -0.1) is 0 Å². The fourth-order valence-electron chi connectivity index (χ4n) is 1.42. The fourth-order valence-corrected chi connectivity index (χ4v) is 1.78. The van der Waals surface area contributed by atoms with Crippen molar-refractivity contribution >= 4 is 27.5 Å². The number of anilines is 1. The number of nitrogens with one attached hydrogen (secondary N) is 1. The maximum atomic E-state index is 13.4. The number of amides is 1. The summed E-state index contributed by atoms with van der Waals surface area (Å²) in [6, 6.07) is 4.31. The van der Waals surface area contributed by atoms with E-state index in [2.05, 4.69) is 21.2 Å². The average Bonchev–Trinajstić information content (AvgIpc) is 2.24. The Labute approximate surface area is 108 Å². The van der Waals surface area contributed by atoms with E-state index in [9.17, 15) is 9.18 Å². The number of hydrogen-bond donors (Lipinski definition) is 2. The Balaban J connectivity index is 2.83. The molecule has 1 aromatic rings. The minimum atomic E-state index is -0.534. The van der Waals surface area contributed by atoms with Crippen LogP contribution in [0.1, 0.15) is 13.8 Å². The van der Waals surface area contributed by atoms with Crippen LogP contribution in [0.25, 0.3) is 0 Å². The largest absolute Gasteiger partial charge is 0.396 e. The highest BCUT2D eigenvalue weighted by molar-refractivity contribution is 9.10. The second kappa shape index (κ2) is 6.12. The van der Waals surface area contributed by atoms with Crippen molar-refractivity contribution in [1.29, 1.82) is 0 Å². The molecule has 1 aromatic carbocycles. The summed E-state index contributed by atoms with van der Waals surface area (Å²) in [6.45, 7) is 3.41. The Kier molecular flexibility index (Phi) is 5.08. The molecule has 0 aliphatic carbocycles. The van der Waals surface area contributed by atoms with Crippen molar-refractivity contribution in [3.8, 4) is 0 Å². The first-order valence-electron chi connectivity index (χ1n) is 5.32. The minimum Gasteiger partial charge on any atom is -0.396 e. The first-order valence-corrected chi connectivity index (χ1v) is 6.11. The van der Waals surface area contributed by atoms with Crippen molar-refractivity contribution in [2.24, 2.45) is 11.8 Å². The lowest BCUT2D eigenvalue weighted by molar-refractivity contribution is -0.122. The predicted molar refractivity (Wildman–Crippen MR) is 68.1 cm³/mol. The van der Waals surface area contributed by atoms with E-state index in [1.165, 1.54) is 12.1 Å². The van der Waals surface area contributed by atoms with Crippen LogP contribution in [0, 0.1) is 17.7 Å². The molecule has 0 saturated heterocycles. The number of benzene rings is 1. The van der Waals surface area contributed by atoms with Crippen molar-refractivity contribution in [3.63, 3.8) is 0 Å². The molecule has 94 valence electrons. The molecule has 5 heteroatoms. The summed E-state index contributed by atoms with van der Waals surface area (Å²) < 4.78 is 14.1. The van der Waals surface area contributed by atoms with Crippen LogP contribution >= 0.6 is 15.9 Å². The van der Waals surface area contributed by atoms with Crippen LogP contribution in [-0.2, 0) is 4.79 Å². The molecule has 3 nitrogen and oxygen atoms in total. The van der Waals surface area contributed by atoms with Gasteiger partial charge in [0, 0.05) is 4.47 Å². The van der Waals surface area contributed by atoms with E-state index in [0.29, 0.717) is 4.47 Å². The summed E-state index contributed by atoms with van der Waals surface area (Å²) in [5, 5.41) is 11.6. The SMILES string of the molecule is CC(C)C(CO)C(=O)Nc1cc(Br)ccc1F. The summed E-state index contributed by atoms with van der Waals surface area (Å²) in [6.07, 6.45) is 0. The van der Waals surface area contributed by atoms with Gasteiger partial charge in [0.1, 0.15) is 5.82 Å². The molecule has 1 unspecified atom stereocenters. The summed E-state index contributed by atoms with van der Waals surface area (Å²) in [7, 11) is 0. The number of carbonyl (C=O) groups excluding carboxylic acids is 1. The third kappa shape index (κ3) is 3.78. The maximum absolute atomic E-state index is 13.4. The van der Waals surface area contributed by atoms with Crippen LogP contribution in [0.3, 0.4) is 0 Å². The summed E-state index contributed by atoms with van der Waals surface area (Å²) in [5.41, 5.74) is 0.114. The maximum Gasteiger partial charge on any atom is 0.230 e. The highest BCUT2D eigenvalue weighted by atomic mass is 79.9. The number of hydrogen-bond acceptors (Lipinski definition) is 2. The van der Waals surface area contributed by atoms with E-state index in [1.807, 2.05) is 13.8 Å². The Morgan fingerprint density at radius 1 is 1.53 bits per heavy atom. The van der Waals surface area contributed by atoms with Crippen LogP contribution in [-0.4, -0.2) is 17.6 Å². The predicted octanol–water partition coefficient (Wildman–Crippen LogP) is 2.79. The lowest BCUT2D eigenvalue weighted by Gasteiger charge is -2.18. The molecular weight excluding hydrogens is 289 g/mol. The molecule has 0 aliphatic heterocycles. The highest BCUT2D eigenvalue weighted by Gasteiger charge is 2.22. The van der Waals surface area contributed by atoms with Crippen molar-refractivity contribution in [1.82, 2.24) is 0 Å². The zero-order chi connectivity index (χ0) is 13.0. The lowest BCUT2D eigenvalue weighted by Crippen LogP contribution is -2.30. The molecule has 17 heavy (non-hydrogen) atoms. The number of aliphatic hydroxyl groups excluding tert-OH is 1. The Bertz CT molecular complexity index is 409. The van der Waals surface area contributed by atoms with Crippen molar-refractivity contribution < 1.29 is 14.3 Å². The van der Waals surface area contributed by atoms with Crippen LogP contribution in [0.2, 0.25) is 0 Å². The van der Waals surface area contributed by atoms with Gasteiger partial charge in [-0.2, -0.15) is 0 Å². The zero-order valence-corrected chi connectivity index (χ0v) is 11.3. The molecule has 1 amide bonds. The molecule has 0 fully saturated rings. The number of carbonyl (C=O) groups is 1. The van der Waals surface area contributed by atoms with Crippen molar-refractivity contribution in [2.75, 3.05) is 11.9 Å². The second-order valence-corrected chi connectivity index (χ2v) is 5.06. The van der Waals surface area contributed by atoms with Gasteiger partial charge in [0.2, 0.25) is 5.91 Å². The third-order valence-corrected chi connectivity index (χ3v) is 3.02. The first kappa shape index (κ1) is 14.1. The lowest BCUT2D eigenvalue weighted by atomic mass is 9.96. The Hall–Kier alpha value is -0.940. The number of halogens is 2. The van der Waals surface area contributed by atoms with E-state index in [0.717, 1.165) is 0 Å². The first-order chi connectivity index (χ1) is 7.95. The Morgan fingerprint density at radius 2 is 2.18 bits per heavy atom. The van der Waals surface area contributed by atoms with Gasteiger partial charge in [0.25, 0.3) is 0 Å². The van der Waals surface area contributed by atoms with Crippen LogP contribution in [0.15, 0.2) is 22.7 Å². The minimum absolute atomic E-state index is 0.00443. The molecule has 0 aromatic heterocycles. The van der Waals surface area contributed by atoms with Crippen LogP contribution < -0.4 is 5.32 Å². The summed E-state index contributed by atoms with van der Waals surface area (Å²) in [5.74, 6) is -1.41. The molecule has 0 saturated carbocycles. The van der Waals surface area contributed by atoms with Crippen molar-refractivity contribution in [2.45, 2.75) is 13.8 Å². The van der Waals surface area contributed by atoms with Gasteiger partial charge >= 0.3 is 0 Å². The van der Waals surface area contributed by atoms with Gasteiger partial charge in [-0.1, -0.05) is 29.8 Å². The molecule has 0 heterocycles. The van der Waals surface area contributed by atoms with E-state index >= 15 is 0 Å². The van der Waals surface area contributed by atoms with Gasteiger partial charge in [0.05, 0.1) is 18.2 Å². The van der Waals surface area contributed by atoms with Gasteiger partial charge < -0.3 is 10.4 Å². The monoisotopic (exact) mass is 303 g/mol. The van der Waals surface area contributed by atoms with Crippen LogP contribution in [0.4, 0.5) is 10.1 Å². The Morgan fingerprint density at radius 3 is 2.71 bits per heavy atom. The fraction of sp³-hybridized carbons (Fsp3) is 0.417. The van der Waals surface area contributed by atoms with Crippen molar-refractivity contribution in [3.05, 3.63) is 28.5 Å².